The van der Waals surface area contributed by atoms with E-state index in [0.717, 1.165) is 6.07 Å². The van der Waals surface area contributed by atoms with E-state index in [2.05, 4.69) is 0 Å². The molecule has 0 aromatic heterocycles. The number of hydrogen-bond donors (Lipinski definition) is 2. The summed E-state index contributed by atoms with van der Waals surface area (Å²) < 4.78 is 31.5. The summed E-state index contributed by atoms with van der Waals surface area (Å²) in [5, 5.41) is 7.85. The van der Waals surface area contributed by atoms with Crippen molar-refractivity contribution < 1.29 is 13.5 Å². The largest absolute Gasteiger partial charge is 0.488 e. The highest BCUT2D eigenvalue weighted by atomic mass is 35.5. The topological polar surface area (TPSA) is 59.1 Å². The van der Waals surface area contributed by atoms with Gasteiger partial charge in [-0.1, -0.05) is 11.6 Å². The van der Waals surface area contributed by atoms with Crippen LogP contribution in [0.4, 0.5) is 8.78 Å². The first-order chi connectivity index (χ1) is 9.45. The monoisotopic (exact) mass is 296 g/mol. The first-order valence-electron chi connectivity index (χ1n) is 5.67. The van der Waals surface area contributed by atoms with E-state index in [0.29, 0.717) is 16.1 Å². The van der Waals surface area contributed by atoms with Gasteiger partial charge in [0.15, 0.2) is 0 Å². The van der Waals surface area contributed by atoms with Crippen LogP contribution >= 0.6 is 11.6 Å². The number of amidine groups is 1. The van der Waals surface area contributed by atoms with Crippen LogP contribution in [0.1, 0.15) is 11.1 Å². The Hall–Kier alpha value is -2.14. The summed E-state index contributed by atoms with van der Waals surface area (Å²) in [5.41, 5.74) is 6.12. The number of halogens is 3. The molecule has 20 heavy (non-hydrogen) atoms. The van der Waals surface area contributed by atoms with Gasteiger partial charge < -0.3 is 10.5 Å². The molecule has 6 heteroatoms. The van der Waals surface area contributed by atoms with Crippen molar-refractivity contribution >= 4 is 17.4 Å². The quantitative estimate of drug-likeness (QED) is 0.670. The molecule has 0 heterocycles. The fraction of sp³-hybridized carbons (Fsp3) is 0.0714. The zero-order valence-corrected chi connectivity index (χ0v) is 11.0. The Bertz CT molecular complexity index is 641. The van der Waals surface area contributed by atoms with Crippen molar-refractivity contribution in [2.24, 2.45) is 5.73 Å². The SMILES string of the molecule is N=C(N)c1ccc(Cl)cc1OCc1cc(F)cc(F)c1. The highest BCUT2D eigenvalue weighted by molar-refractivity contribution is 6.30. The van der Waals surface area contributed by atoms with Crippen molar-refractivity contribution in [3.05, 3.63) is 64.2 Å². The Morgan fingerprint density at radius 1 is 1.15 bits per heavy atom. The van der Waals surface area contributed by atoms with Gasteiger partial charge in [-0.2, -0.15) is 0 Å². The Labute approximate surface area is 119 Å². The lowest BCUT2D eigenvalue weighted by Crippen LogP contribution is -2.13. The third-order valence-electron chi connectivity index (χ3n) is 2.55. The van der Waals surface area contributed by atoms with E-state index in [1.54, 1.807) is 12.1 Å². The van der Waals surface area contributed by atoms with Crippen molar-refractivity contribution in [1.82, 2.24) is 0 Å². The molecule has 104 valence electrons. The van der Waals surface area contributed by atoms with E-state index >= 15 is 0 Å². The lowest BCUT2D eigenvalue weighted by molar-refractivity contribution is 0.304. The van der Waals surface area contributed by atoms with E-state index in [1.165, 1.54) is 18.2 Å². The Morgan fingerprint density at radius 2 is 1.80 bits per heavy atom. The average molecular weight is 297 g/mol. The molecule has 0 radical (unpaired) electrons. The van der Waals surface area contributed by atoms with E-state index in [1.807, 2.05) is 0 Å². The lowest BCUT2D eigenvalue weighted by Gasteiger charge is -2.11. The molecule has 0 aliphatic carbocycles. The van der Waals surface area contributed by atoms with Crippen LogP contribution in [0.2, 0.25) is 5.02 Å². The van der Waals surface area contributed by atoms with Gasteiger partial charge in [0.1, 0.15) is 29.8 Å². The van der Waals surface area contributed by atoms with Crippen molar-refractivity contribution in [2.45, 2.75) is 6.61 Å². The maximum Gasteiger partial charge on any atom is 0.132 e. The number of ether oxygens (including phenoxy) is 1. The molecule has 0 saturated carbocycles. The van der Waals surface area contributed by atoms with E-state index in [-0.39, 0.29) is 18.2 Å². The Balaban J connectivity index is 2.22. The minimum absolute atomic E-state index is 0.0602. The normalized spacial score (nSPS) is 10.3. The van der Waals surface area contributed by atoms with Crippen LogP contribution in [0.3, 0.4) is 0 Å². The Morgan fingerprint density at radius 3 is 2.40 bits per heavy atom. The number of benzene rings is 2. The smallest absolute Gasteiger partial charge is 0.132 e. The minimum atomic E-state index is -0.679. The third kappa shape index (κ3) is 3.45. The van der Waals surface area contributed by atoms with Gasteiger partial charge in [0, 0.05) is 11.1 Å². The fourth-order valence-corrected chi connectivity index (χ4v) is 1.86. The van der Waals surface area contributed by atoms with Crippen molar-refractivity contribution in [3.8, 4) is 5.75 Å². The second-order valence-corrected chi connectivity index (χ2v) is 4.56. The summed E-state index contributed by atoms with van der Waals surface area (Å²) in [7, 11) is 0. The molecule has 3 N–H and O–H groups in total. The first-order valence-corrected chi connectivity index (χ1v) is 6.05. The Kier molecular flexibility index (Phi) is 4.20. The van der Waals surface area contributed by atoms with E-state index in [9.17, 15) is 8.78 Å². The number of hydrogen-bond acceptors (Lipinski definition) is 2. The first kappa shape index (κ1) is 14.3. The molecule has 0 unspecified atom stereocenters. The summed E-state index contributed by atoms with van der Waals surface area (Å²) in [4.78, 5) is 0. The van der Waals surface area contributed by atoms with Crippen molar-refractivity contribution in [2.75, 3.05) is 0 Å². The summed E-state index contributed by atoms with van der Waals surface area (Å²) in [6.45, 7) is -0.0602. The van der Waals surface area contributed by atoms with Gasteiger partial charge in [-0.25, -0.2) is 8.78 Å². The minimum Gasteiger partial charge on any atom is -0.488 e. The zero-order chi connectivity index (χ0) is 14.7. The number of rotatable bonds is 4. The molecular weight excluding hydrogens is 286 g/mol. The standard InChI is InChI=1S/C14H11ClF2N2O/c15-9-1-2-12(14(18)19)13(5-9)20-7-8-3-10(16)6-11(17)4-8/h1-6H,7H2,(H3,18,19). The van der Waals surface area contributed by atoms with E-state index < -0.39 is 11.6 Å². The van der Waals surface area contributed by atoms with Gasteiger partial charge in [-0.05, 0) is 35.9 Å². The summed E-state index contributed by atoms with van der Waals surface area (Å²) in [6, 6.07) is 7.74. The molecular formula is C14H11ClF2N2O. The van der Waals surface area contributed by atoms with Gasteiger partial charge in [0.05, 0.1) is 5.56 Å². The second-order valence-electron chi connectivity index (χ2n) is 4.12. The molecule has 0 aliphatic heterocycles. The zero-order valence-electron chi connectivity index (χ0n) is 10.3. The molecule has 0 aliphatic rings. The molecule has 0 atom stereocenters. The summed E-state index contributed by atoms with van der Waals surface area (Å²) >= 11 is 5.84. The molecule has 3 nitrogen and oxygen atoms in total. The van der Waals surface area contributed by atoms with Gasteiger partial charge in [0.2, 0.25) is 0 Å². The van der Waals surface area contributed by atoms with Crippen LogP contribution in [-0.2, 0) is 6.61 Å². The number of nitrogens with two attached hydrogens (primary N) is 1. The van der Waals surface area contributed by atoms with Crippen LogP contribution in [-0.4, -0.2) is 5.84 Å². The van der Waals surface area contributed by atoms with Crippen LogP contribution < -0.4 is 10.5 Å². The second kappa shape index (κ2) is 5.88. The maximum absolute atomic E-state index is 13.1. The van der Waals surface area contributed by atoms with Gasteiger partial charge in [-0.15, -0.1) is 0 Å². The van der Waals surface area contributed by atoms with Crippen LogP contribution in [0.25, 0.3) is 0 Å². The van der Waals surface area contributed by atoms with Gasteiger partial charge >= 0.3 is 0 Å². The van der Waals surface area contributed by atoms with Gasteiger partial charge in [0.25, 0.3) is 0 Å². The highest BCUT2D eigenvalue weighted by Crippen LogP contribution is 2.24. The summed E-state index contributed by atoms with van der Waals surface area (Å²) in [6.07, 6.45) is 0. The van der Waals surface area contributed by atoms with Crippen molar-refractivity contribution in [1.29, 1.82) is 5.41 Å². The molecule has 0 saturated heterocycles. The molecule has 0 spiro atoms. The van der Waals surface area contributed by atoms with Crippen molar-refractivity contribution in [3.63, 3.8) is 0 Å². The van der Waals surface area contributed by atoms with Crippen LogP contribution in [0.5, 0.6) is 5.75 Å². The summed E-state index contributed by atoms with van der Waals surface area (Å²) in [5.74, 6) is -1.25. The highest BCUT2D eigenvalue weighted by Gasteiger charge is 2.09. The molecule has 2 aromatic rings. The predicted octanol–water partition coefficient (Wildman–Crippen LogP) is 3.48. The van der Waals surface area contributed by atoms with Gasteiger partial charge in [-0.3, -0.25) is 5.41 Å². The molecule has 0 fully saturated rings. The van der Waals surface area contributed by atoms with E-state index in [4.69, 9.17) is 27.5 Å². The fourth-order valence-electron chi connectivity index (χ4n) is 1.69. The average Bonchev–Trinajstić information content (AvgIpc) is 2.35. The lowest BCUT2D eigenvalue weighted by atomic mass is 10.2. The van der Waals surface area contributed by atoms with Crippen LogP contribution in [0.15, 0.2) is 36.4 Å². The molecule has 0 bridgehead atoms. The molecule has 0 amide bonds. The number of nitrogens with one attached hydrogen (secondary N) is 1. The third-order valence-corrected chi connectivity index (χ3v) is 2.79. The molecule has 2 rings (SSSR count). The molecule has 2 aromatic carbocycles. The maximum atomic E-state index is 13.1. The predicted molar refractivity (Wildman–Crippen MR) is 73.2 cm³/mol. The van der Waals surface area contributed by atoms with Crippen LogP contribution in [0, 0.1) is 17.0 Å². The number of nitrogen functional groups attached to an aromatic ring is 1.